The van der Waals surface area contributed by atoms with Crippen molar-refractivity contribution in [3.63, 3.8) is 0 Å². The first-order chi connectivity index (χ1) is 9.91. The van der Waals surface area contributed by atoms with Gasteiger partial charge in [0.05, 0.1) is 0 Å². The average molecular weight is 320 g/mol. The minimum absolute atomic E-state index is 0.348. The predicted molar refractivity (Wildman–Crippen MR) is 105 cm³/mol. The molecular weight excluding hydrogens is 278 g/mol. The summed E-state index contributed by atoms with van der Waals surface area (Å²) >= 11 is 0. The molecule has 0 nitrogen and oxygen atoms in total. The Morgan fingerprint density at radius 1 is 0.550 bits per heavy atom. The molecule has 0 radical (unpaired) electrons. The van der Waals surface area contributed by atoms with E-state index in [0.717, 1.165) is 0 Å². The van der Waals surface area contributed by atoms with Crippen LogP contribution in [-0.2, 0) is 0 Å². The summed E-state index contributed by atoms with van der Waals surface area (Å²) in [6.07, 6.45) is 24.0. The molecule has 124 valence electrons. The molecule has 0 aliphatic rings. The van der Waals surface area contributed by atoms with Crippen molar-refractivity contribution >= 4 is 16.5 Å². The molecule has 0 spiro atoms. The van der Waals surface area contributed by atoms with Crippen molar-refractivity contribution in [3.8, 4) is 0 Å². The van der Waals surface area contributed by atoms with Crippen molar-refractivity contribution in [1.29, 1.82) is 0 Å². The van der Waals surface area contributed by atoms with Gasteiger partial charge in [-0.15, -0.1) is 0 Å². The van der Waals surface area contributed by atoms with Gasteiger partial charge in [-0.05, 0) is 0 Å². The van der Waals surface area contributed by atoms with E-state index in [0.29, 0.717) is 8.27 Å². The number of hydrogen-bond donors (Lipinski definition) is 0. The summed E-state index contributed by atoms with van der Waals surface area (Å²) in [5.41, 5.74) is 0. The SMILES string of the molecule is CCCCCCCCCP[PH3]CCCCCCCCC. The topological polar surface area (TPSA) is 0 Å². The molecule has 1 unspecified atom stereocenters. The fraction of sp³-hybridized carbons (Fsp3) is 1.00. The van der Waals surface area contributed by atoms with Crippen LogP contribution >= 0.6 is 16.5 Å². The Morgan fingerprint density at radius 3 is 1.55 bits per heavy atom. The van der Waals surface area contributed by atoms with Crippen molar-refractivity contribution in [2.45, 2.75) is 104 Å². The second kappa shape index (κ2) is 19.9. The Balaban J connectivity index is 2.89. The Bertz CT molecular complexity index is 141. The molecule has 0 amide bonds. The normalized spacial score (nSPS) is 11.9. The van der Waals surface area contributed by atoms with E-state index >= 15 is 0 Å². The van der Waals surface area contributed by atoms with E-state index in [1.165, 1.54) is 91.7 Å². The summed E-state index contributed by atoms with van der Waals surface area (Å²) in [5.74, 6) is 0. The molecule has 0 heterocycles. The van der Waals surface area contributed by atoms with Crippen LogP contribution in [0.25, 0.3) is 0 Å². The third kappa shape index (κ3) is 18.9. The summed E-state index contributed by atoms with van der Waals surface area (Å²) in [4.78, 5) is 0. The molecular formula is C18H42P2. The van der Waals surface area contributed by atoms with Crippen LogP contribution in [0.4, 0.5) is 0 Å². The van der Waals surface area contributed by atoms with Crippen LogP contribution in [0.15, 0.2) is 0 Å². The van der Waals surface area contributed by atoms with Crippen LogP contribution in [0.2, 0.25) is 0 Å². The molecule has 1 atom stereocenters. The van der Waals surface area contributed by atoms with Gasteiger partial charge >= 0.3 is 133 Å². The molecule has 0 aliphatic carbocycles. The Labute approximate surface area is 133 Å². The van der Waals surface area contributed by atoms with Crippen LogP contribution in [-0.4, -0.2) is 12.3 Å². The van der Waals surface area contributed by atoms with Gasteiger partial charge in [-0.2, -0.15) is 0 Å². The summed E-state index contributed by atoms with van der Waals surface area (Å²) in [6.45, 7) is 4.61. The first-order valence-corrected chi connectivity index (χ1v) is 14.2. The molecule has 0 N–H and O–H groups in total. The van der Waals surface area contributed by atoms with Crippen molar-refractivity contribution < 1.29 is 0 Å². The maximum atomic E-state index is 2.30. The fourth-order valence-electron chi connectivity index (χ4n) is 2.72. The average Bonchev–Trinajstić information content (AvgIpc) is 2.47. The molecule has 20 heavy (non-hydrogen) atoms. The van der Waals surface area contributed by atoms with E-state index in [-0.39, 0.29) is 0 Å². The van der Waals surface area contributed by atoms with E-state index in [1.54, 1.807) is 18.7 Å². The van der Waals surface area contributed by atoms with Gasteiger partial charge in [-0.1, -0.05) is 0 Å². The number of rotatable bonds is 17. The van der Waals surface area contributed by atoms with Gasteiger partial charge in [0, 0.05) is 0 Å². The standard InChI is InChI=1S/C18H42P2/c1-3-5-7-9-11-13-15-17-19-20-18-16-14-12-10-8-6-4-2/h19H,3-18H2,1-2,20H3. The van der Waals surface area contributed by atoms with Crippen LogP contribution in [0.3, 0.4) is 0 Å². The molecule has 0 aromatic rings. The van der Waals surface area contributed by atoms with E-state index in [2.05, 4.69) is 13.8 Å². The first kappa shape index (κ1) is 20.9. The summed E-state index contributed by atoms with van der Waals surface area (Å²) < 4.78 is 0. The van der Waals surface area contributed by atoms with E-state index in [1.807, 2.05) is 0 Å². The Hall–Kier alpha value is 0.860. The molecule has 0 aliphatic heterocycles. The van der Waals surface area contributed by atoms with Crippen molar-refractivity contribution in [3.05, 3.63) is 0 Å². The van der Waals surface area contributed by atoms with Gasteiger partial charge < -0.3 is 0 Å². The second-order valence-electron chi connectivity index (χ2n) is 6.35. The van der Waals surface area contributed by atoms with E-state index in [4.69, 9.17) is 0 Å². The van der Waals surface area contributed by atoms with Gasteiger partial charge in [0.2, 0.25) is 0 Å². The summed E-state index contributed by atoms with van der Waals surface area (Å²) in [6, 6.07) is 0. The molecule has 2 heteroatoms. The predicted octanol–water partition coefficient (Wildman–Crippen LogP) is 7.22. The van der Waals surface area contributed by atoms with Gasteiger partial charge in [-0.3, -0.25) is 0 Å². The van der Waals surface area contributed by atoms with Crippen LogP contribution < -0.4 is 0 Å². The first-order valence-electron chi connectivity index (χ1n) is 9.62. The Morgan fingerprint density at radius 2 is 1.00 bits per heavy atom. The quantitative estimate of drug-likeness (QED) is 0.196. The van der Waals surface area contributed by atoms with E-state index < -0.39 is 0 Å². The molecule has 0 bridgehead atoms. The van der Waals surface area contributed by atoms with Gasteiger partial charge in [0.1, 0.15) is 0 Å². The third-order valence-corrected chi connectivity index (χ3v) is 9.26. The third-order valence-electron chi connectivity index (χ3n) is 4.16. The summed E-state index contributed by atoms with van der Waals surface area (Å²) in [7, 11) is 1.74. The number of hydrogen-bond acceptors (Lipinski definition) is 0. The van der Waals surface area contributed by atoms with Gasteiger partial charge in [0.25, 0.3) is 0 Å². The molecule has 0 fully saturated rings. The zero-order valence-corrected chi connectivity index (χ0v) is 16.9. The zero-order chi connectivity index (χ0) is 14.7. The molecule has 0 aromatic carbocycles. The van der Waals surface area contributed by atoms with Crippen molar-refractivity contribution in [2.75, 3.05) is 12.3 Å². The molecule has 0 saturated heterocycles. The van der Waals surface area contributed by atoms with Gasteiger partial charge in [-0.25, -0.2) is 0 Å². The van der Waals surface area contributed by atoms with Crippen LogP contribution in [0, 0.1) is 0 Å². The minimum atomic E-state index is 0.348. The Kier molecular flexibility index (Phi) is 20.7. The summed E-state index contributed by atoms with van der Waals surface area (Å²) in [5, 5.41) is 0. The van der Waals surface area contributed by atoms with Crippen LogP contribution in [0.5, 0.6) is 0 Å². The van der Waals surface area contributed by atoms with E-state index in [9.17, 15) is 0 Å². The maximum absolute atomic E-state index is 2.30. The van der Waals surface area contributed by atoms with Gasteiger partial charge in [0.15, 0.2) is 0 Å². The zero-order valence-electron chi connectivity index (χ0n) is 14.5. The number of unbranched alkanes of at least 4 members (excludes halogenated alkanes) is 12. The van der Waals surface area contributed by atoms with Crippen LogP contribution in [0.1, 0.15) is 104 Å². The molecule has 0 saturated carbocycles. The fourth-order valence-corrected chi connectivity index (χ4v) is 7.32. The molecule has 0 aromatic heterocycles. The molecule has 0 rings (SSSR count). The monoisotopic (exact) mass is 320 g/mol. The van der Waals surface area contributed by atoms with Crippen molar-refractivity contribution in [2.24, 2.45) is 0 Å². The second-order valence-corrected chi connectivity index (χ2v) is 11.6. The van der Waals surface area contributed by atoms with Crippen molar-refractivity contribution in [1.82, 2.24) is 0 Å².